The van der Waals surface area contributed by atoms with Crippen LogP contribution >= 0.6 is 15.9 Å². The molecule has 6 rings (SSSR count). The Hall–Kier alpha value is -2.33. The summed E-state index contributed by atoms with van der Waals surface area (Å²) in [5.74, 6) is 0.560. The van der Waals surface area contributed by atoms with Crippen molar-refractivity contribution < 1.29 is 4.79 Å². The maximum absolute atomic E-state index is 12.7. The Balaban J connectivity index is 1.59. The lowest BCUT2D eigenvalue weighted by Crippen LogP contribution is -2.45. The van der Waals surface area contributed by atoms with Gasteiger partial charge in [0.15, 0.2) is 5.78 Å². The molecule has 3 nitrogen and oxygen atoms in total. The molecule has 3 aliphatic rings. The number of Topliss-reactive ketones (excluding diaryl/α,β-unsaturated/α-hetero) is 1. The van der Waals surface area contributed by atoms with E-state index in [1.54, 1.807) is 0 Å². The van der Waals surface area contributed by atoms with Gasteiger partial charge in [-0.3, -0.25) is 4.79 Å². The maximum Gasteiger partial charge on any atom is 0.182 e. The zero-order valence-corrected chi connectivity index (χ0v) is 16.7. The summed E-state index contributed by atoms with van der Waals surface area (Å²) in [5, 5.41) is 1.20. The predicted molar refractivity (Wildman–Crippen MR) is 112 cm³/mol. The number of hydrogen-bond donors (Lipinski definition) is 0. The van der Waals surface area contributed by atoms with Gasteiger partial charge in [-0.2, -0.15) is 0 Å². The van der Waals surface area contributed by atoms with Crippen LogP contribution in [0.4, 0.5) is 0 Å². The summed E-state index contributed by atoms with van der Waals surface area (Å²) in [7, 11) is 0. The van der Waals surface area contributed by atoms with Gasteiger partial charge in [-0.25, -0.2) is 0 Å². The molecule has 4 heterocycles. The number of halogens is 1. The number of para-hydroxylation sites is 1. The molecule has 0 aliphatic carbocycles. The Morgan fingerprint density at radius 1 is 1.04 bits per heavy atom. The molecule has 0 atom stereocenters. The molecule has 3 saturated heterocycles. The van der Waals surface area contributed by atoms with E-state index in [0.717, 1.165) is 48.2 Å². The molecule has 27 heavy (non-hydrogen) atoms. The topological polar surface area (TPSA) is 25.2 Å². The van der Waals surface area contributed by atoms with E-state index in [1.807, 2.05) is 6.07 Å². The number of rotatable bonds is 3. The van der Waals surface area contributed by atoms with Crippen LogP contribution in [0.25, 0.3) is 17.0 Å². The van der Waals surface area contributed by atoms with Crippen molar-refractivity contribution in [2.45, 2.75) is 19.4 Å². The molecule has 2 aromatic carbocycles. The van der Waals surface area contributed by atoms with E-state index < -0.39 is 0 Å². The highest BCUT2D eigenvalue weighted by molar-refractivity contribution is 9.10. The van der Waals surface area contributed by atoms with Crippen LogP contribution < -0.4 is 0 Å². The van der Waals surface area contributed by atoms with Gasteiger partial charge in [0.05, 0.1) is 5.70 Å². The van der Waals surface area contributed by atoms with Crippen LogP contribution in [0.2, 0.25) is 0 Å². The molecule has 3 fully saturated rings. The summed E-state index contributed by atoms with van der Waals surface area (Å²) in [6, 6.07) is 16.8. The zero-order valence-electron chi connectivity index (χ0n) is 15.1. The van der Waals surface area contributed by atoms with Gasteiger partial charge in [-0.05, 0) is 36.6 Å². The van der Waals surface area contributed by atoms with Gasteiger partial charge in [-0.15, -0.1) is 0 Å². The van der Waals surface area contributed by atoms with Crippen LogP contribution in [0.5, 0.6) is 0 Å². The van der Waals surface area contributed by atoms with Gasteiger partial charge in [-0.1, -0.05) is 52.3 Å². The molecular formula is C23H21BrN2O. The second-order valence-corrected chi connectivity index (χ2v) is 8.33. The minimum Gasteiger partial charge on any atom is -0.369 e. The molecule has 3 aliphatic heterocycles. The highest BCUT2D eigenvalue weighted by atomic mass is 79.9. The second kappa shape index (κ2) is 6.68. The summed E-state index contributed by atoms with van der Waals surface area (Å²) in [6.07, 6.45) is 6.33. The van der Waals surface area contributed by atoms with Crippen molar-refractivity contribution in [3.63, 3.8) is 0 Å². The van der Waals surface area contributed by atoms with E-state index in [1.165, 1.54) is 16.5 Å². The molecular weight excluding hydrogens is 400 g/mol. The van der Waals surface area contributed by atoms with E-state index >= 15 is 0 Å². The first-order valence-electron chi connectivity index (χ1n) is 9.53. The SMILES string of the molecule is O=C1/C(=C/c2cn(Cc3ccccc3Br)c3ccccc23)N2CCC1CC2. The summed E-state index contributed by atoms with van der Waals surface area (Å²) in [4.78, 5) is 15.0. The van der Waals surface area contributed by atoms with Crippen LogP contribution in [-0.2, 0) is 11.3 Å². The number of benzene rings is 2. The Labute approximate surface area is 167 Å². The van der Waals surface area contributed by atoms with E-state index in [0.29, 0.717) is 5.78 Å². The summed E-state index contributed by atoms with van der Waals surface area (Å²) >= 11 is 3.66. The molecule has 0 N–H and O–H groups in total. The van der Waals surface area contributed by atoms with Gasteiger partial charge in [0.2, 0.25) is 0 Å². The highest BCUT2D eigenvalue weighted by Gasteiger charge is 2.36. The maximum atomic E-state index is 12.7. The number of aromatic nitrogens is 1. The molecule has 0 saturated carbocycles. The Morgan fingerprint density at radius 3 is 2.56 bits per heavy atom. The summed E-state index contributed by atoms with van der Waals surface area (Å²) in [5.41, 5.74) is 4.48. The van der Waals surface area contributed by atoms with Gasteiger partial charge < -0.3 is 9.47 Å². The average Bonchev–Trinajstić information content (AvgIpc) is 3.04. The van der Waals surface area contributed by atoms with Crippen LogP contribution in [0.15, 0.2) is 64.9 Å². The zero-order chi connectivity index (χ0) is 18.4. The second-order valence-electron chi connectivity index (χ2n) is 7.48. The van der Waals surface area contributed by atoms with Crippen LogP contribution in [-0.4, -0.2) is 28.3 Å². The highest BCUT2D eigenvalue weighted by Crippen LogP contribution is 2.34. The Kier molecular flexibility index (Phi) is 4.16. The molecule has 0 spiro atoms. The minimum atomic E-state index is 0.231. The molecule has 0 amide bonds. The van der Waals surface area contributed by atoms with Crippen molar-refractivity contribution in [3.05, 3.63) is 76.0 Å². The average molecular weight is 421 g/mol. The van der Waals surface area contributed by atoms with Gasteiger partial charge in [0.25, 0.3) is 0 Å². The fraction of sp³-hybridized carbons (Fsp3) is 0.261. The lowest BCUT2D eigenvalue weighted by atomic mass is 9.84. The van der Waals surface area contributed by atoms with Gasteiger partial charge >= 0.3 is 0 Å². The minimum absolute atomic E-state index is 0.231. The number of nitrogens with zero attached hydrogens (tertiary/aromatic N) is 2. The Morgan fingerprint density at radius 2 is 1.78 bits per heavy atom. The summed E-state index contributed by atoms with van der Waals surface area (Å²) < 4.78 is 3.40. The van der Waals surface area contributed by atoms with E-state index in [4.69, 9.17) is 0 Å². The van der Waals surface area contributed by atoms with E-state index in [2.05, 4.69) is 80.1 Å². The molecule has 1 aromatic heterocycles. The number of piperidine rings is 3. The normalized spacial score (nSPS) is 18.8. The molecule has 2 bridgehead atoms. The van der Waals surface area contributed by atoms with Crippen molar-refractivity contribution in [2.75, 3.05) is 13.1 Å². The first kappa shape index (κ1) is 16.8. The molecule has 4 heteroatoms. The lowest BCUT2D eigenvalue weighted by Gasteiger charge is -2.41. The third-order valence-corrected chi connectivity index (χ3v) is 6.64. The smallest absolute Gasteiger partial charge is 0.182 e. The summed E-state index contributed by atoms with van der Waals surface area (Å²) in [6.45, 7) is 2.82. The van der Waals surface area contributed by atoms with Crippen LogP contribution in [0.1, 0.15) is 24.0 Å². The standard InChI is InChI=1S/C23H21BrN2O/c24-20-7-3-1-5-17(20)14-26-15-18(19-6-2-4-8-21(19)26)13-22-23(27)16-9-11-25(22)12-10-16/h1-8,13,15-16H,9-12,14H2/b22-13-. The molecule has 136 valence electrons. The first-order valence-corrected chi connectivity index (χ1v) is 10.3. The number of ketones is 1. The van der Waals surface area contributed by atoms with Crippen molar-refractivity contribution >= 4 is 38.7 Å². The molecule has 0 unspecified atom stereocenters. The van der Waals surface area contributed by atoms with E-state index in [-0.39, 0.29) is 5.92 Å². The number of carbonyl (C=O) groups is 1. The quantitative estimate of drug-likeness (QED) is 0.551. The monoisotopic (exact) mass is 420 g/mol. The lowest BCUT2D eigenvalue weighted by molar-refractivity contribution is -0.125. The first-order chi connectivity index (χ1) is 13.2. The van der Waals surface area contributed by atoms with Crippen molar-refractivity contribution in [3.8, 4) is 0 Å². The van der Waals surface area contributed by atoms with Crippen molar-refractivity contribution in [2.24, 2.45) is 5.92 Å². The van der Waals surface area contributed by atoms with Gasteiger partial charge in [0.1, 0.15) is 0 Å². The van der Waals surface area contributed by atoms with E-state index in [9.17, 15) is 4.79 Å². The predicted octanol–water partition coefficient (Wildman–Crippen LogP) is 5.09. The largest absolute Gasteiger partial charge is 0.369 e. The third kappa shape index (κ3) is 2.92. The fourth-order valence-electron chi connectivity index (χ4n) is 4.39. The van der Waals surface area contributed by atoms with Crippen molar-refractivity contribution in [1.29, 1.82) is 0 Å². The number of allylic oxidation sites excluding steroid dienone is 1. The molecule has 3 aromatic rings. The Bertz CT molecular complexity index is 1060. The van der Waals surface area contributed by atoms with Crippen LogP contribution in [0.3, 0.4) is 0 Å². The van der Waals surface area contributed by atoms with Crippen molar-refractivity contribution in [1.82, 2.24) is 9.47 Å². The van der Waals surface area contributed by atoms with Gasteiger partial charge in [0, 0.05) is 52.7 Å². The third-order valence-electron chi connectivity index (χ3n) is 5.87. The fourth-order valence-corrected chi connectivity index (χ4v) is 4.80. The molecule has 0 radical (unpaired) electrons. The number of carbonyl (C=O) groups excluding carboxylic acids is 1. The van der Waals surface area contributed by atoms with Crippen LogP contribution in [0, 0.1) is 5.92 Å². The number of hydrogen-bond acceptors (Lipinski definition) is 2. The number of fused-ring (bicyclic) bond motifs is 4.